The molecule has 0 bridgehead atoms. The van der Waals surface area contributed by atoms with Crippen molar-refractivity contribution >= 4 is 17.2 Å². The first-order chi connectivity index (χ1) is 13.6. The molecule has 1 aliphatic rings. The smallest absolute Gasteiger partial charge is 0.227 e. The fourth-order valence-electron chi connectivity index (χ4n) is 3.73. The summed E-state index contributed by atoms with van der Waals surface area (Å²) in [7, 11) is 1.95. The van der Waals surface area contributed by atoms with Crippen molar-refractivity contribution in [2.24, 2.45) is 0 Å². The summed E-state index contributed by atoms with van der Waals surface area (Å²) in [5.41, 5.74) is 0.956. The maximum absolute atomic E-state index is 12.9. The molecule has 1 amide bonds. The first kappa shape index (κ1) is 20.8. The van der Waals surface area contributed by atoms with E-state index in [4.69, 9.17) is 4.74 Å². The van der Waals surface area contributed by atoms with E-state index in [-0.39, 0.29) is 12.0 Å². The van der Waals surface area contributed by atoms with Crippen molar-refractivity contribution in [1.29, 1.82) is 0 Å². The van der Waals surface area contributed by atoms with Gasteiger partial charge in [0.05, 0.1) is 6.42 Å². The Hall–Kier alpha value is -1.89. The molecule has 1 aliphatic heterocycles. The Morgan fingerprint density at radius 2 is 2.00 bits per heavy atom. The SMILES string of the molecule is CNCCC(Oc1ccccc1CC(=O)N1C[C@@H](C)N[C@@H](C)C1)c1cccs1. The molecule has 152 valence electrons. The van der Waals surface area contributed by atoms with Crippen LogP contribution in [0.3, 0.4) is 0 Å². The van der Waals surface area contributed by atoms with E-state index in [1.165, 1.54) is 4.88 Å². The number of amides is 1. The summed E-state index contributed by atoms with van der Waals surface area (Å²) in [5.74, 6) is 0.973. The van der Waals surface area contributed by atoms with Gasteiger partial charge in [-0.1, -0.05) is 24.3 Å². The zero-order valence-electron chi connectivity index (χ0n) is 17.0. The Morgan fingerprint density at radius 3 is 2.68 bits per heavy atom. The lowest BCUT2D eigenvalue weighted by atomic mass is 10.1. The minimum atomic E-state index is -0.0112. The minimum Gasteiger partial charge on any atom is -0.485 e. The normalized spacial score (nSPS) is 20.8. The fourth-order valence-corrected chi connectivity index (χ4v) is 4.52. The molecule has 5 nitrogen and oxygen atoms in total. The molecular formula is C22H31N3O2S. The number of benzene rings is 1. The summed E-state index contributed by atoms with van der Waals surface area (Å²) in [6.45, 7) is 6.64. The highest BCUT2D eigenvalue weighted by molar-refractivity contribution is 7.10. The number of thiophene rings is 1. The lowest BCUT2D eigenvalue weighted by Crippen LogP contribution is -2.56. The maximum atomic E-state index is 12.9. The van der Waals surface area contributed by atoms with Crippen LogP contribution in [0.25, 0.3) is 0 Å². The lowest BCUT2D eigenvalue weighted by Gasteiger charge is -2.36. The lowest BCUT2D eigenvalue weighted by molar-refractivity contribution is -0.132. The Bertz CT molecular complexity index is 740. The molecule has 2 N–H and O–H groups in total. The molecule has 2 aromatic rings. The summed E-state index contributed by atoms with van der Waals surface area (Å²) < 4.78 is 6.41. The van der Waals surface area contributed by atoms with Crippen molar-refractivity contribution in [2.45, 2.75) is 44.9 Å². The summed E-state index contributed by atoms with van der Waals surface area (Å²) in [4.78, 5) is 16.1. The molecule has 0 radical (unpaired) electrons. The van der Waals surface area contributed by atoms with Gasteiger partial charge in [0, 0.05) is 42.0 Å². The molecule has 0 spiro atoms. The molecule has 0 aliphatic carbocycles. The number of hydrogen-bond donors (Lipinski definition) is 2. The van der Waals surface area contributed by atoms with Crippen LogP contribution < -0.4 is 15.4 Å². The van der Waals surface area contributed by atoms with Crippen molar-refractivity contribution in [3.8, 4) is 5.75 Å². The number of ether oxygens (including phenoxy) is 1. The molecule has 1 fully saturated rings. The Labute approximate surface area is 172 Å². The van der Waals surface area contributed by atoms with Crippen LogP contribution in [0.4, 0.5) is 0 Å². The summed E-state index contributed by atoms with van der Waals surface area (Å²) in [6, 6.07) is 12.7. The van der Waals surface area contributed by atoms with E-state index in [0.29, 0.717) is 18.5 Å². The van der Waals surface area contributed by atoms with Crippen LogP contribution >= 0.6 is 11.3 Å². The van der Waals surface area contributed by atoms with Crippen LogP contribution in [0.1, 0.15) is 36.8 Å². The number of carbonyl (C=O) groups excluding carboxylic acids is 1. The number of nitrogens with one attached hydrogen (secondary N) is 2. The number of carbonyl (C=O) groups is 1. The molecule has 1 unspecified atom stereocenters. The highest BCUT2D eigenvalue weighted by atomic mass is 32.1. The van der Waals surface area contributed by atoms with Gasteiger partial charge in [-0.05, 0) is 45.0 Å². The number of rotatable bonds is 8. The van der Waals surface area contributed by atoms with Crippen molar-refractivity contribution < 1.29 is 9.53 Å². The summed E-state index contributed by atoms with van der Waals surface area (Å²) in [5, 5.41) is 8.76. The largest absolute Gasteiger partial charge is 0.485 e. The van der Waals surface area contributed by atoms with Gasteiger partial charge in [-0.3, -0.25) is 4.79 Å². The van der Waals surface area contributed by atoms with Gasteiger partial charge in [0.1, 0.15) is 11.9 Å². The number of nitrogens with zero attached hydrogens (tertiary/aromatic N) is 1. The second-order valence-corrected chi connectivity index (χ2v) is 8.55. The van der Waals surface area contributed by atoms with Crippen molar-refractivity contribution in [1.82, 2.24) is 15.5 Å². The van der Waals surface area contributed by atoms with Crippen LogP contribution in [-0.4, -0.2) is 49.6 Å². The molecule has 6 heteroatoms. The van der Waals surface area contributed by atoms with E-state index >= 15 is 0 Å². The number of piperazine rings is 1. The summed E-state index contributed by atoms with van der Waals surface area (Å²) >= 11 is 1.71. The third-order valence-electron chi connectivity index (χ3n) is 5.01. The average molecular weight is 402 g/mol. The van der Waals surface area contributed by atoms with Crippen molar-refractivity contribution in [3.63, 3.8) is 0 Å². The highest BCUT2D eigenvalue weighted by Crippen LogP contribution is 2.30. The van der Waals surface area contributed by atoms with Crippen molar-refractivity contribution in [2.75, 3.05) is 26.7 Å². The van der Waals surface area contributed by atoms with Gasteiger partial charge in [-0.25, -0.2) is 0 Å². The topological polar surface area (TPSA) is 53.6 Å². The number of hydrogen-bond acceptors (Lipinski definition) is 5. The standard InChI is InChI=1S/C22H31N3O2S/c1-16-14-25(15-17(2)24-16)22(26)13-18-7-4-5-8-19(18)27-20(10-11-23-3)21-9-6-12-28-21/h4-9,12,16-17,20,23-24H,10-11,13-15H2,1-3H3/t16-,17+,20?. The monoisotopic (exact) mass is 401 g/mol. The van der Waals surface area contributed by atoms with Crippen LogP contribution in [0, 0.1) is 0 Å². The molecule has 1 aromatic carbocycles. The van der Waals surface area contributed by atoms with Crippen molar-refractivity contribution in [3.05, 3.63) is 52.2 Å². The second kappa shape index (κ2) is 10.0. The van der Waals surface area contributed by atoms with Crippen LogP contribution in [-0.2, 0) is 11.2 Å². The third kappa shape index (κ3) is 5.56. The van der Waals surface area contributed by atoms with Crippen LogP contribution in [0.2, 0.25) is 0 Å². The van der Waals surface area contributed by atoms with Gasteiger partial charge in [0.25, 0.3) is 0 Å². The van der Waals surface area contributed by atoms with Gasteiger partial charge in [0.2, 0.25) is 5.91 Å². The highest BCUT2D eigenvalue weighted by Gasteiger charge is 2.25. The van der Waals surface area contributed by atoms with Gasteiger partial charge in [-0.2, -0.15) is 0 Å². The van der Waals surface area contributed by atoms with Gasteiger partial charge >= 0.3 is 0 Å². The second-order valence-electron chi connectivity index (χ2n) is 7.57. The van der Waals surface area contributed by atoms with E-state index in [1.807, 2.05) is 36.2 Å². The molecular weight excluding hydrogens is 370 g/mol. The predicted molar refractivity (Wildman–Crippen MR) is 115 cm³/mol. The predicted octanol–water partition coefficient (Wildman–Crippen LogP) is 3.23. The molecule has 1 saturated heterocycles. The van der Waals surface area contributed by atoms with E-state index < -0.39 is 0 Å². The van der Waals surface area contributed by atoms with E-state index in [9.17, 15) is 4.79 Å². The molecule has 1 aromatic heterocycles. The number of para-hydroxylation sites is 1. The Morgan fingerprint density at radius 1 is 1.25 bits per heavy atom. The molecule has 2 heterocycles. The maximum Gasteiger partial charge on any atom is 0.227 e. The Balaban J connectivity index is 1.72. The zero-order valence-corrected chi connectivity index (χ0v) is 17.8. The molecule has 3 atom stereocenters. The third-order valence-corrected chi connectivity index (χ3v) is 5.98. The van der Waals surface area contributed by atoms with Crippen LogP contribution in [0.5, 0.6) is 5.75 Å². The van der Waals surface area contributed by atoms with Gasteiger partial charge in [-0.15, -0.1) is 11.3 Å². The average Bonchev–Trinajstić information content (AvgIpc) is 3.20. The first-order valence-corrected chi connectivity index (χ1v) is 10.9. The quantitative estimate of drug-likeness (QED) is 0.713. The van der Waals surface area contributed by atoms with Crippen LogP contribution in [0.15, 0.2) is 41.8 Å². The first-order valence-electron chi connectivity index (χ1n) is 10.0. The zero-order chi connectivity index (χ0) is 19.9. The Kier molecular flexibility index (Phi) is 7.48. The van der Waals surface area contributed by atoms with E-state index in [1.54, 1.807) is 11.3 Å². The summed E-state index contributed by atoms with van der Waals surface area (Å²) in [6.07, 6.45) is 1.24. The van der Waals surface area contributed by atoms with E-state index in [2.05, 4.69) is 42.0 Å². The van der Waals surface area contributed by atoms with Gasteiger partial charge < -0.3 is 20.3 Å². The fraction of sp³-hybridized carbons (Fsp3) is 0.500. The molecule has 0 saturated carbocycles. The van der Waals surface area contributed by atoms with E-state index in [0.717, 1.165) is 37.4 Å². The minimum absolute atomic E-state index is 0.0112. The molecule has 3 rings (SSSR count). The van der Waals surface area contributed by atoms with Gasteiger partial charge in [0.15, 0.2) is 0 Å². The molecule has 28 heavy (non-hydrogen) atoms.